The Hall–Kier alpha value is -1.15. The number of benzene rings is 1. The Morgan fingerprint density at radius 2 is 2.25 bits per heavy atom. The molecule has 1 aromatic heterocycles. The smallest absolute Gasteiger partial charge is 0.164 e. The molecule has 0 N–H and O–H groups in total. The number of halogens is 1. The Morgan fingerprint density at radius 3 is 3.00 bits per heavy atom. The van der Waals surface area contributed by atoms with E-state index in [1.807, 2.05) is 12.1 Å². The van der Waals surface area contributed by atoms with Crippen LogP contribution < -0.4 is 4.74 Å². The van der Waals surface area contributed by atoms with E-state index in [0.29, 0.717) is 10.8 Å². The van der Waals surface area contributed by atoms with Crippen LogP contribution in [-0.4, -0.2) is 7.11 Å². The molecule has 1 heterocycles. The van der Waals surface area contributed by atoms with Crippen LogP contribution in [0.5, 0.6) is 5.75 Å². The molecule has 0 saturated heterocycles. The number of rotatable bonds is 1. The van der Waals surface area contributed by atoms with Gasteiger partial charge in [-0.15, -0.1) is 0 Å². The zero-order chi connectivity index (χ0) is 8.55. The normalized spacial score (nSPS) is 10.5. The third-order valence-electron chi connectivity index (χ3n) is 1.72. The number of hydrogen-bond donors (Lipinski definition) is 0. The fourth-order valence-corrected chi connectivity index (χ4v) is 1.31. The molecule has 0 amide bonds. The van der Waals surface area contributed by atoms with Gasteiger partial charge in [-0.1, -0.05) is 11.6 Å². The maximum atomic E-state index is 5.81. The van der Waals surface area contributed by atoms with E-state index in [-0.39, 0.29) is 0 Å². The third kappa shape index (κ3) is 1.04. The van der Waals surface area contributed by atoms with Crippen LogP contribution in [0.15, 0.2) is 28.9 Å². The molecule has 0 fully saturated rings. The van der Waals surface area contributed by atoms with Crippen LogP contribution in [0.25, 0.3) is 11.0 Å². The summed E-state index contributed by atoms with van der Waals surface area (Å²) in [5.41, 5.74) is 0.788. The maximum Gasteiger partial charge on any atom is 0.164 e. The van der Waals surface area contributed by atoms with Crippen molar-refractivity contribution in [3.05, 3.63) is 29.5 Å². The molecule has 0 unspecified atom stereocenters. The molecule has 0 radical (unpaired) electrons. The summed E-state index contributed by atoms with van der Waals surface area (Å²) in [5.74, 6) is 0.715. The largest absolute Gasteiger partial charge is 0.493 e. The van der Waals surface area contributed by atoms with Crippen molar-refractivity contribution in [1.82, 2.24) is 0 Å². The van der Waals surface area contributed by atoms with Crippen LogP contribution in [-0.2, 0) is 0 Å². The van der Waals surface area contributed by atoms with Gasteiger partial charge in [0.15, 0.2) is 5.75 Å². The number of ether oxygens (including phenoxy) is 1. The molecule has 3 heteroatoms. The van der Waals surface area contributed by atoms with Crippen LogP contribution in [0.1, 0.15) is 0 Å². The lowest BCUT2D eigenvalue weighted by molar-refractivity contribution is 0.410. The lowest BCUT2D eigenvalue weighted by Gasteiger charge is -1.93. The van der Waals surface area contributed by atoms with E-state index in [1.165, 1.54) is 0 Å². The lowest BCUT2D eigenvalue weighted by atomic mass is 10.2. The summed E-state index contributed by atoms with van der Waals surface area (Å²) in [5, 5.41) is 1.59. The van der Waals surface area contributed by atoms with Crippen molar-refractivity contribution in [3.8, 4) is 5.75 Å². The van der Waals surface area contributed by atoms with Crippen molar-refractivity contribution in [2.75, 3.05) is 7.11 Å². The molecular weight excluding hydrogens is 176 g/mol. The van der Waals surface area contributed by atoms with Crippen LogP contribution in [0.3, 0.4) is 0 Å². The first kappa shape index (κ1) is 7.50. The summed E-state index contributed by atoms with van der Waals surface area (Å²) < 4.78 is 10.3. The first-order valence-corrected chi connectivity index (χ1v) is 3.90. The summed E-state index contributed by atoms with van der Waals surface area (Å²) in [6, 6.07) is 5.42. The number of fused-ring (bicyclic) bond motifs is 1. The predicted octanol–water partition coefficient (Wildman–Crippen LogP) is 3.09. The quantitative estimate of drug-likeness (QED) is 0.676. The van der Waals surface area contributed by atoms with E-state index in [2.05, 4.69) is 0 Å². The van der Waals surface area contributed by atoms with Crippen molar-refractivity contribution in [2.24, 2.45) is 0 Å². The average molecular weight is 183 g/mol. The zero-order valence-electron chi connectivity index (χ0n) is 6.50. The summed E-state index contributed by atoms with van der Waals surface area (Å²) in [4.78, 5) is 0. The fourth-order valence-electron chi connectivity index (χ4n) is 1.14. The Balaban J connectivity index is 2.75. The van der Waals surface area contributed by atoms with Crippen molar-refractivity contribution < 1.29 is 9.15 Å². The number of hydrogen-bond acceptors (Lipinski definition) is 2. The van der Waals surface area contributed by atoms with Gasteiger partial charge >= 0.3 is 0 Å². The average Bonchev–Trinajstić information content (AvgIpc) is 2.46. The zero-order valence-corrected chi connectivity index (χ0v) is 7.26. The van der Waals surface area contributed by atoms with Crippen molar-refractivity contribution in [2.45, 2.75) is 0 Å². The molecule has 0 saturated carbocycles. The van der Waals surface area contributed by atoms with Gasteiger partial charge in [-0.2, -0.15) is 0 Å². The second-order valence-electron chi connectivity index (χ2n) is 2.44. The summed E-state index contributed by atoms with van der Waals surface area (Å²) in [7, 11) is 1.60. The molecule has 0 bridgehead atoms. The molecule has 0 spiro atoms. The molecule has 2 rings (SSSR count). The van der Waals surface area contributed by atoms with E-state index in [1.54, 1.807) is 19.4 Å². The van der Waals surface area contributed by atoms with Crippen molar-refractivity contribution in [1.29, 1.82) is 0 Å². The third-order valence-corrected chi connectivity index (χ3v) is 1.96. The van der Waals surface area contributed by atoms with Gasteiger partial charge in [0.2, 0.25) is 0 Å². The van der Waals surface area contributed by atoms with Gasteiger partial charge in [-0.25, -0.2) is 0 Å². The molecular formula is C9H7ClO2. The maximum absolute atomic E-state index is 5.81. The van der Waals surface area contributed by atoms with Gasteiger partial charge in [0, 0.05) is 5.02 Å². The summed E-state index contributed by atoms with van der Waals surface area (Å²) in [6.45, 7) is 0. The van der Waals surface area contributed by atoms with Gasteiger partial charge in [0.25, 0.3) is 0 Å². The van der Waals surface area contributed by atoms with Gasteiger partial charge in [0.1, 0.15) is 11.8 Å². The highest BCUT2D eigenvalue weighted by Gasteiger charge is 2.05. The number of methoxy groups -OCH3 is 1. The minimum absolute atomic E-state index is 0.683. The van der Waals surface area contributed by atoms with Crippen LogP contribution >= 0.6 is 11.6 Å². The molecule has 0 atom stereocenters. The van der Waals surface area contributed by atoms with Crippen LogP contribution in [0.4, 0.5) is 0 Å². The minimum atomic E-state index is 0.683. The minimum Gasteiger partial charge on any atom is -0.493 e. The van der Waals surface area contributed by atoms with E-state index < -0.39 is 0 Å². The summed E-state index contributed by atoms with van der Waals surface area (Å²) in [6.07, 6.45) is 1.57. The monoisotopic (exact) mass is 182 g/mol. The Labute approximate surface area is 74.7 Å². The Bertz CT molecular complexity index is 406. The van der Waals surface area contributed by atoms with Gasteiger partial charge in [-0.3, -0.25) is 0 Å². The van der Waals surface area contributed by atoms with Crippen LogP contribution in [0.2, 0.25) is 5.02 Å². The Morgan fingerprint density at radius 1 is 1.42 bits per heavy atom. The number of furan rings is 1. The van der Waals surface area contributed by atoms with E-state index in [9.17, 15) is 0 Å². The highest BCUT2D eigenvalue weighted by Crippen LogP contribution is 2.29. The lowest BCUT2D eigenvalue weighted by Crippen LogP contribution is -1.78. The van der Waals surface area contributed by atoms with Crippen molar-refractivity contribution in [3.63, 3.8) is 0 Å². The van der Waals surface area contributed by atoms with Gasteiger partial charge in [-0.05, 0) is 18.2 Å². The molecule has 0 aliphatic rings. The molecule has 12 heavy (non-hydrogen) atoms. The van der Waals surface area contributed by atoms with E-state index in [0.717, 1.165) is 11.0 Å². The second kappa shape index (κ2) is 2.72. The van der Waals surface area contributed by atoms with E-state index in [4.69, 9.17) is 20.8 Å². The Kier molecular flexibility index (Phi) is 1.70. The SMILES string of the molecule is COc1coc2ccc(Cl)cc12. The fraction of sp³-hybridized carbons (Fsp3) is 0.111. The standard InChI is InChI=1S/C9H7ClO2/c1-11-9-5-12-8-3-2-6(10)4-7(8)9/h2-5H,1H3. The molecule has 0 aliphatic carbocycles. The summed E-state index contributed by atoms with van der Waals surface area (Å²) >= 11 is 5.81. The first-order valence-electron chi connectivity index (χ1n) is 3.52. The first-order chi connectivity index (χ1) is 5.81. The molecule has 0 aliphatic heterocycles. The molecule has 62 valence electrons. The van der Waals surface area contributed by atoms with Gasteiger partial charge < -0.3 is 9.15 Å². The highest BCUT2D eigenvalue weighted by molar-refractivity contribution is 6.31. The predicted molar refractivity (Wildman–Crippen MR) is 47.8 cm³/mol. The topological polar surface area (TPSA) is 22.4 Å². The highest BCUT2D eigenvalue weighted by atomic mass is 35.5. The van der Waals surface area contributed by atoms with Crippen LogP contribution in [0, 0.1) is 0 Å². The van der Waals surface area contributed by atoms with Crippen molar-refractivity contribution >= 4 is 22.6 Å². The van der Waals surface area contributed by atoms with Gasteiger partial charge in [0.05, 0.1) is 12.5 Å². The molecule has 2 aromatic rings. The second-order valence-corrected chi connectivity index (χ2v) is 2.88. The molecule has 1 aromatic carbocycles. The van der Waals surface area contributed by atoms with E-state index >= 15 is 0 Å². The molecule has 2 nitrogen and oxygen atoms in total.